The molecule has 1 aliphatic heterocycles. The Bertz CT molecular complexity index is 547. The lowest BCUT2D eigenvalue weighted by Crippen LogP contribution is -2.45. The molecular formula is C14H15Cl2NO3. The third kappa shape index (κ3) is 3.07. The van der Waals surface area contributed by atoms with E-state index in [1.165, 1.54) is 0 Å². The lowest BCUT2D eigenvalue weighted by atomic mass is 9.90. The van der Waals surface area contributed by atoms with Gasteiger partial charge in [-0.15, -0.1) is 0 Å². The van der Waals surface area contributed by atoms with Crippen LogP contribution in [0.2, 0.25) is 10.0 Å². The Morgan fingerprint density at radius 2 is 2.00 bits per heavy atom. The van der Waals surface area contributed by atoms with Gasteiger partial charge in [0.05, 0.1) is 21.5 Å². The molecule has 0 radical (unpaired) electrons. The minimum Gasteiger partial charge on any atom is -0.481 e. The maximum Gasteiger partial charge on any atom is 0.308 e. The van der Waals surface area contributed by atoms with Gasteiger partial charge in [0.25, 0.3) is 5.91 Å². The first-order valence-corrected chi connectivity index (χ1v) is 7.11. The first kappa shape index (κ1) is 15.1. The summed E-state index contributed by atoms with van der Waals surface area (Å²) in [6.07, 6.45) is 0.586. The van der Waals surface area contributed by atoms with Gasteiger partial charge in [0.1, 0.15) is 0 Å². The van der Waals surface area contributed by atoms with Crippen LogP contribution in [-0.4, -0.2) is 35.0 Å². The molecule has 4 nitrogen and oxygen atoms in total. The van der Waals surface area contributed by atoms with Crippen molar-refractivity contribution < 1.29 is 14.7 Å². The molecule has 0 spiro atoms. The highest BCUT2D eigenvalue weighted by atomic mass is 35.5. The molecule has 1 aromatic carbocycles. The van der Waals surface area contributed by atoms with Crippen LogP contribution >= 0.6 is 23.2 Å². The zero-order valence-electron chi connectivity index (χ0n) is 11.0. The first-order chi connectivity index (χ1) is 9.40. The summed E-state index contributed by atoms with van der Waals surface area (Å²) in [6.45, 7) is 2.68. The normalized spacial score (nSPS) is 22.6. The molecule has 0 aliphatic carbocycles. The Labute approximate surface area is 127 Å². The van der Waals surface area contributed by atoms with Gasteiger partial charge in [0, 0.05) is 13.1 Å². The van der Waals surface area contributed by atoms with E-state index < -0.39 is 11.9 Å². The minimum absolute atomic E-state index is 0.145. The summed E-state index contributed by atoms with van der Waals surface area (Å²) >= 11 is 12.0. The van der Waals surface area contributed by atoms with Crippen LogP contribution in [-0.2, 0) is 4.79 Å². The van der Waals surface area contributed by atoms with E-state index in [9.17, 15) is 9.59 Å². The van der Waals surface area contributed by atoms with Crippen LogP contribution in [0.15, 0.2) is 18.2 Å². The molecule has 0 saturated carbocycles. The molecule has 1 aliphatic rings. The number of likely N-dealkylation sites (tertiary alicyclic amines) is 1. The van der Waals surface area contributed by atoms with Crippen molar-refractivity contribution in [2.45, 2.75) is 13.3 Å². The second kappa shape index (κ2) is 6.02. The van der Waals surface area contributed by atoms with Crippen LogP contribution < -0.4 is 0 Å². The molecule has 1 heterocycles. The van der Waals surface area contributed by atoms with Crippen LogP contribution in [0.3, 0.4) is 0 Å². The Kier molecular flexibility index (Phi) is 4.55. The molecule has 1 N–H and O–H groups in total. The quantitative estimate of drug-likeness (QED) is 0.912. The number of carbonyl (C=O) groups excluding carboxylic acids is 1. The summed E-state index contributed by atoms with van der Waals surface area (Å²) in [5, 5.41) is 9.67. The van der Waals surface area contributed by atoms with Gasteiger partial charge in [0.2, 0.25) is 0 Å². The average Bonchev–Trinajstić information content (AvgIpc) is 2.40. The summed E-state index contributed by atoms with van der Waals surface area (Å²) < 4.78 is 0. The van der Waals surface area contributed by atoms with Crippen molar-refractivity contribution in [3.63, 3.8) is 0 Å². The van der Waals surface area contributed by atoms with Crippen LogP contribution in [0.5, 0.6) is 0 Å². The molecule has 1 fully saturated rings. The monoisotopic (exact) mass is 315 g/mol. The van der Waals surface area contributed by atoms with E-state index in [1.54, 1.807) is 23.1 Å². The van der Waals surface area contributed by atoms with E-state index in [0.29, 0.717) is 23.6 Å². The van der Waals surface area contributed by atoms with E-state index in [0.717, 1.165) is 0 Å². The molecule has 1 aromatic rings. The van der Waals surface area contributed by atoms with Crippen molar-refractivity contribution in [2.24, 2.45) is 11.8 Å². The van der Waals surface area contributed by atoms with Crippen LogP contribution in [0.1, 0.15) is 23.7 Å². The number of carbonyl (C=O) groups is 2. The second-order valence-corrected chi connectivity index (χ2v) is 5.97. The van der Waals surface area contributed by atoms with Gasteiger partial charge in [-0.25, -0.2) is 0 Å². The number of aliphatic carboxylic acids is 1. The van der Waals surface area contributed by atoms with Gasteiger partial charge in [-0.1, -0.05) is 36.2 Å². The number of benzene rings is 1. The second-order valence-electron chi connectivity index (χ2n) is 5.19. The SMILES string of the molecule is CC1CC(C(=O)O)CN(C(=O)c2cccc(Cl)c2Cl)C1. The Balaban J connectivity index is 2.24. The Morgan fingerprint density at radius 3 is 2.65 bits per heavy atom. The fraction of sp³-hybridized carbons (Fsp3) is 0.429. The number of amides is 1. The summed E-state index contributed by atoms with van der Waals surface area (Å²) in [6, 6.07) is 4.87. The Hall–Kier alpha value is -1.26. The maximum atomic E-state index is 12.5. The molecule has 1 amide bonds. The van der Waals surface area contributed by atoms with E-state index in [1.807, 2.05) is 6.92 Å². The van der Waals surface area contributed by atoms with E-state index in [2.05, 4.69) is 0 Å². The molecule has 2 atom stereocenters. The van der Waals surface area contributed by atoms with Crippen molar-refractivity contribution in [1.29, 1.82) is 0 Å². The lowest BCUT2D eigenvalue weighted by molar-refractivity contribution is -0.143. The smallest absolute Gasteiger partial charge is 0.308 e. The van der Waals surface area contributed by atoms with Gasteiger partial charge in [-0.05, 0) is 24.5 Å². The molecule has 6 heteroatoms. The maximum absolute atomic E-state index is 12.5. The highest BCUT2D eigenvalue weighted by molar-refractivity contribution is 6.43. The van der Waals surface area contributed by atoms with Gasteiger partial charge in [0.15, 0.2) is 0 Å². The number of carboxylic acids is 1. The van der Waals surface area contributed by atoms with Crippen molar-refractivity contribution >= 4 is 35.1 Å². The number of hydrogen-bond donors (Lipinski definition) is 1. The molecule has 20 heavy (non-hydrogen) atoms. The molecule has 2 unspecified atom stereocenters. The molecule has 0 bridgehead atoms. The molecular weight excluding hydrogens is 301 g/mol. The fourth-order valence-electron chi connectivity index (χ4n) is 2.54. The molecule has 0 aromatic heterocycles. The highest BCUT2D eigenvalue weighted by Crippen LogP contribution is 2.29. The van der Waals surface area contributed by atoms with Crippen LogP contribution in [0.25, 0.3) is 0 Å². The van der Waals surface area contributed by atoms with Gasteiger partial charge in [-0.2, -0.15) is 0 Å². The topological polar surface area (TPSA) is 57.6 Å². The zero-order chi connectivity index (χ0) is 14.9. The first-order valence-electron chi connectivity index (χ1n) is 6.36. The van der Waals surface area contributed by atoms with E-state index in [4.69, 9.17) is 28.3 Å². The summed E-state index contributed by atoms with van der Waals surface area (Å²) in [4.78, 5) is 25.2. The Morgan fingerprint density at radius 1 is 1.30 bits per heavy atom. The van der Waals surface area contributed by atoms with Crippen LogP contribution in [0.4, 0.5) is 0 Å². The van der Waals surface area contributed by atoms with Gasteiger partial charge >= 0.3 is 5.97 Å². The number of piperidine rings is 1. The molecule has 2 rings (SSSR count). The molecule has 1 saturated heterocycles. The highest BCUT2D eigenvalue weighted by Gasteiger charge is 2.32. The van der Waals surface area contributed by atoms with Gasteiger partial charge in [-0.3, -0.25) is 9.59 Å². The molecule has 108 valence electrons. The lowest BCUT2D eigenvalue weighted by Gasteiger charge is -2.34. The zero-order valence-corrected chi connectivity index (χ0v) is 12.5. The standard InChI is InChI=1S/C14H15Cl2NO3/c1-8-5-9(14(19)20)7-17(6-8)13(18)10-3-2-4-11(15)12(10)16/h2-4,8-9H,5-7H2,1H3,(H,19,20). The fourth-order valence-corrected chi connectivity index (χ4v) is 2.92. The summed E-state index contributed by atoms with van der Waals surface area (Å²) in [7, 11) is 0. The predicted molar refractivity (Wildman–Crippen MR) is 77.3 cm³/mol. The van der Waals surface area contributed by atoms with Crippen LogP contribution in [0, 0.1) is 11.8 Å². The summed E-state index contributed by atoms with van der Waals surface area (Å²) in [5.74, 6) is -1.52. The number of carboxylic acid groups (broad SMARTS) is 1. The predicted octanol–water partition coefficient (Wildman–Crippen LogP) is 3.18. The third-order valence-corrected chi connectivity index (χ3v) is 4.30. The summed E-state index contributed by atoms with van der Waals surface area (Å²) in [5.41, 5.74) is 0.317. The van der Waals surface area contributed by atoms with Crippen molar-refractivity contribution in [1.82, 2.24) is 4.90 Å². The minimum atomic E-state index is -0.869. The number of rotatable bonds is 2. The van der Waals surface area contributed by atoms with Crippen molar-refractivity contribution in [3.05, 3.63) is 33.8 Å². The third-order valence-electron chi connectivity index (χ3n) is 3.48. The largest absolute Gasteiger partial charge is 0.481 e. The number of nitrogens with zero attached hydrogens (tertiary/aromatic N) is 1. The van der Waals surface area contributed by atoms with Gasteiger partial charge < -0.3 is 10.0 Å². The average molecular weight is 316 g/mol. The number of hydrogen-bond acceptors (Lipinski definition) is 2. The van der Waals surface area contributed by atoms with Crippen molar-refractivity contribution in [3.8, 4) is 0 Å². The van der Waals surface area contributed by atoms with Crippen molar-refractivity contribution in [2.75, 3.05) is 13.1 Å². The van der Waals surface area contributed by atoms with E-state index >= 15 is 0 Å². The number of halogens is 2. The van der Waals surface area contributed by atoms with E-state index in [-0.39, 0.29) is 23.4 Å².